The summed E-state index contributed by atoms with van der Waals surface area (Å²) in [5.41, 5.74) is 2.61. The highest BCUT2D eigenvalue weighted by Crippen LogP contribution is 2.41. The molecule has 5 heteroatoms. The molecule has 2 saturated heterocycles. The molecule has 4 rings (SSSR count). The van der Waals surface area contributed by atoms with Gasteiger partial charge in [0.25, 0.3) is 0 Å². The highest BCUT2D eigenvalue weighted by molar-refractivity contribution is 5.83. The molecule has 132 valence electrons. The zero-order chi connectivity index (χ0) is 16.6. The van der Waals surface area contributed by atoms with E-state index < -0.39 is 0 Å². The maximum atomic E-state index is 12.7. The lowest BCUT2D eigenvalue weighted by atomic mass is 9.78. The number of likely N-dealkylation sites (tertiary alicyclic amines) is 2. The molecular formula is C19H30N4O. The maximum Gasteiger partial charge on any atom is 0.229 e. The van der Waals surface area contributed by atoms with Gasteiger partial charge in [-0.05, 0) is 38.6 Å². The minimum atomic E-state index is -0.109. The van der Waals surface area contributed by atoms with Gasteiger partial charge in [-0.25, -0.2) is 0 Å². The van der Waals surface area contributed by atoms with E-state index in [-0.39, 0.29) is 5.41 Å². The monoisotopic (exact) mass is 330 g/mol. The summed E-state index contributed by atoms with van der Waals surface area (Å²) in [6, 6.07) is 0. The van der Waals surface area contributed by atoms with Crippen molar-refractivity contribution in [2.24, 2.45) is 5.41 Å². The van der Waals surface area contributed by atoms with Crippen LogP contribution in [0.3, 0.4) is 0 Å². The number of aromatic nitrogens is 2. The van der Waals surface area contributed by atoms with Crippen molar-refractivity contribution in [2.75, 3.05) is 26.7 Å². The number of nitrogens with one attached hydrogen (secondary N) is 1. The van der Waals surface area contributed by atoms with Gasteiger partial charge in [-0.3, -0.25) is 14.8 Å². The van der Waals surface area contributed by atoms with E-state index in [1.165, 1.54) is 43.4 Å². The van der Waals surface area contributed by atoms with Crippen LogP contribution in [-0.4, -0.2) is 52.6 Å². The van der Waals surface area contributed by atoms with Crippen molar-refractivity contribution in [3.63, 3.8) is 0 Å². The fourth-order valence-corrected chi connectivity index (χ4v) is 5.17. The second-order valence-corrected chi connectivity index (χ2v) is 8.22. The summed E-state index contributed by atoms with van der Waals surface area (Å²) in [6.45, 7) is 3.83. The fraction of sp³-hybridized carbons (Fsp3) is 0.789. The molecule has 2 aliphatic heterocycles. The SMILES string of the molecule is CN1CCC[C@@]2(CCN(Cc3cn[nH]c3C3CCCCC3)C2)C1=O. The van der Waals surface area contributed by atoms with E-state index in [1.807, 2.05) is 18.1 Å². The summed E-state index contributed by atoms with van der Waals surface area (Å²) in [7, 11) is 1.96. The number of rotatable bonds is 3. The molecule has 0 bridgehead atoms. The molecule has 3 fully saturated rings. The molecule has 3 heterocycles. The van der Waals surface area contributed by atoms with E-state index in [0.717, 1.165) is 45.4 Å². The van der Waals surface area contributed by atoms with E-state index in [1.54, 1.807) is 0 Å². The van der Waals surface area contributed by atoms with Gasteiger partial charge < -0.3 is 4.90 Å². The van der Waals surface area contributed by atoms with E-state index in [4.69, 9.17) is 0 Å². The van der Waals surface area contributed by atoms with Crippen LogP contribution in [0, 0.1) is 5.41 Å². The van der Waals surface area contributed by atoms with E-state index in [2.05, 4.69) is 15.1 Å². The van der Waals surface area contributed by atoms with E-state index in [9.17, 15) is 4.79 Å². The molecule has 1 amide bonds. The summed E-state index contributed by atoms with van der Waals surface area (Å²) < 4.78 is 0. The molecule has 3 aliphatic rings. The predicted molar refractivity (Wildman–Crippen MR) is 93.6 cm³/mol. The molecule has 1 atom stereocenters. The number of carbonyl (C=O) groups excluding carboxylic acids is 1. The van der Waals surface area contributed by atoms with Crippen LogP contribution in [0.15, 0.2) is 6.20 Å². The molecule has 5 nitrogen and oxygen atoms in total. The third-order valence-corrected chi connectivity index (χ3v) is 6.54. The summed E-state index contributed by atoms with van der Waals surface area (Å²) in [5.74, 6) is 1.03. The van der Waals surface area contributed by atoms with Gasteiger partial charge in [0, 0.05) is 43.9 Å². The van der Waals surface area contributed by atoms with Gasteiger partial charge in [0.05, 0.1) is 11.6 Å². The van der Waals surface area contributed by atoms with Crippen LogP contribution >= 0.6 is 0 Å². The first-order valence-corrected chi connectivity index (χ1v) is 9.68. The number of hydrogen-bond acceptors (Lipinski definition) is 3. The van der Waals surface area contributed by atoms with Crippen molar-refractivity contribution < 1.29 is 4.79 Å². The number of carbonyl (C=O) groups is 1. The molecule has 0 unspecified atom stereocenters. The largest absolute Gasteiger partial charge is 0.345 e. The summed E-state index contributed by atoms with van der Waals surface area (Å²) in [5, 5.41) is 7.63. The van der Waals surface area contributed by atoms with Gasteiger partial charge in [0.1, 0.15) is 0 Å². The van der Waals surface area contributed by atoms with Crippen LogP contribution in [0.4, 0.5) is 0 Å². The molecule has 24 heavy (non-hydrogen) atoms. The van der Waals surface area contributed by atoms with Crippen molar-refractivity contribution in [3.8, 4) is 0 Å². The van der Waals surface area contributed by atoms with Crippen LogP contribution in [-0.2, 0) is 11.3 Å². The normalized spacial score (nSPS) is 29.7. The van der Waals surface area contributed by atoms with Crippen molar-refractivity contribution in [3.05, 3.63) is 17.5 Å². The van der Waals surface area contributed by atoms with Gasteiger partial charge in [-0.1, -0.05) is 19.3 Å². The average Bonchev–Trinajstić information content (AvgIpc) is 3.22. The van der Waals surface area contributed by atoms with Crippen molar-refractivity contribution >= 4 is 5.91 Å². The van der Waals surface area contributed by atoms with Gasteiger partial charge in [0.15, 0.2) is 0 Å². The second kappa shape index (κ2) is 6.51. The Morgan fingerprint density at radius 2 is 2.04 bits per heavy atom. The van der Waals surface area contributed by atoms with Crippen LogP contribution in [0.5, 0.6) is 0 Å². The molecule has 0 aromatic carbocycles. The highest BCUT2D eigenvalue weighted by Gasteiger charge is 2.47. The van der Waals surface area contributed by atoms with Crippen molar-refractivity contribution in [1.82, 2.24) is 20.0 Å². The zero-order valence-corrected chi connectivity index (χ0v) is 14.9. The van der Waals surface area contributed by atoms with Crippen LogP contribution in [0.2, 0.25) is 0 Å². The Morgan fingerprint density at radius 1 is 1.21 bits per heavy atom. The minimum absolute atomic E-state index is 0.109. The number of hydrogen-bond donors (Lipinski definition) is 1. The smallest absolute Gasteiger partial charge is 0.229 e. The lowest BCUT2D eigenvalue weighted by Gasteiger charge is -2.37. The highest BCUT2D eigenvalue weighted by atomic mass is 16.2. The number of piperidine rings is 1. The molecule has 1 N–H and O–H groups in total. The quantitative estimate of drug-likeness (QED) is 0.927. The zero-order valence-electron chi connectivity index (χ0n) is 14.9. The van der Waals surface area contributed by atoms with Gasteiger partial charge in [0.2, 0.25) is 5.91 Å². The predicted octanol–water partition coefficient (Wildman–Crippen LogP) is 2.90. The topological polar surface area (TPSA) is 52.2 Å². The molecule has 1 aliphatic carbocycles. The summed E-state index contributed by atoms with van der Waals surface area (Å²) >= 11 is 0. The first kappa shape index (κ1) is 16.1. The number of aromatic amines is 1. The fourth-order valence-electron chi connectivity index (χ4n) is 5.17. The van der Waals surface area contributed by atoms with Crippen LogP contribution < -0.4 is 0 Å². The average molecular weight is 330 g/mol. The van der Waals surface area contributed by atoms with E-state index in [0.29, 0.717) is 11.8 Å². The standard InChI is InChI=1S/C19H30N4O/c1-22-10-5-8-19(18(22)24)9-11-23(14-19)13-16-12-20-21-17(16)15-6-3-2-4-7-15/h12,15H,2-11,13-14H2,1H3,(H,20,21)/t19-/m0/s1. The molecular weight excluding hydrogens is 300 g/mol. The number of H-pyrrole nitrogens is 1. The van der Waals surface area contributed by atoms with Crippen molar-refractivity contribution in [1.29, 1.82) is 0 Å². The first-order valence-electron chi connectivity index (χ1n) is 9.68. The molecule has 1 aromatic rings. The Morgan fingerprint density at radius 3 is 2.88 bits per heavy atom. The van der Waals surface area contributed by atoms with E-state index >= 15 is 0 Å². The Bertz CT molecular complexity index is 592. The Hall–Kier alpha value is -1.36. The lowest BCUT2D eigenvalue weighted by molar-refractivity contribution is -0.143. The third-order valence-electron chi connectivity index (χ3n) is 6.54. The second-order valence-electron chi connectivity index (χ2n) is 8.22. The number of amides is 1. The van der Waals surface area contributed by atoms with Gasteiger partial charge in [-0.2, -0.15) is 5.10 Å². The lowest BCUT2D eigenvalue weighted by Crippen LogP contribution is -2.48. The maximum absolute atomic E-state index is 12.7. The molecule has 1 aromatic heterocycles. The molecule has 1 saturated carbocycles. The summed E-state index contributed by atoms with van der Waals surface area (Å²) in [4.78, 5) is 17.1. The summed E-state index contributed by atoms with van der Waals surface area (Å²) in [6.07, 6.45) is 11.9. The Kier molecular flexibility index (Phi) is 4.37. The van der Waals surface area contributed by atoms with Crippen LogP contribution in [0.25, 0.3) is 0 Å². The third kappa shape index (κ3) is 2.87. The number of nitrogens with zero attached hydrogens (tertiary/aromatic N) is 3. The van der Waals surface area contributed by atoms with Crippen molar-refractivity contribution in [2.45, 2.75) is 63.8 Å². The Balaban J connectivity index is 1.44. The molecule has 1 spiro atoms. The van der Waals surface area contributed by atoms with Gasteiger partial charge >= 0.3 is 0 Å². The molecule has 0 radical (unpaired) electrons. The van der Waals surface area contributed by atoms with Crippen LogP contribution in [0.1, 0.15) is 68.5 Å². The minimum Gasteiger partial charge on any atom is -0.345 e. The first-order chi connectivity index (χ1) is 11.7. The Labute approximate surface area is 144 Å². The van der Waals surface area contributed by atoms with Gasteiger partial charge in [-0.15, -0.1) is 0 Å².